The van der Waals surface area contributed by atoms with E-state index in [2.05, 4.69) is 22.6 Å². The van der Waals surface area contributed by atoms with Gasteiger partial charge in [0, 0.05) is 19.2 Å². The average Bonchev–Trinajstić information content (AvgIpc) is 2.89. The molecule has 0 aromatic carbocycles. The van der Waals surface area contributed by atoms with Crippen LogP contribution in [0.1, 0.15) is 18.6 Å². The fourth-order valence-electron chi connectivity index (χ4n) is 2.18. The highest BCUT2D eigenvalue weighted by Crippen LogP contribution is 2.19. The third-order valence-corrected chi connectivity index (χ3v) is 3.91. The zero-order valence-electron chi connectivity index (χ0n) is 11.2. The van der Waals surface area contributed by atoms with Crippen molar-refractivity contribution in [3.05, 3.63) is 27.7 Å². The van der Waals surface area contributed by atoms with E-state index in [0.29, 0.717) is 31.7 Å². The van der Waals surface area contributed by atoms with Crippen molar-refractivity contribution in [2.45, 2.75) is 12.8 Å². The summed E-state index contributed by atoms with van der Waals surface area (Å²) >= 11 is 2.07. The molecule has 20 heavy (non-hydrogen) atoms. The Bertz CT molecular complexity index is 515. The number of ether oxygens (including phenoxy) is 1. The predicted octanol–water partition coefficient (Wildman–Crippen LogP) is 2.31. The fourth-order valence-corrected chi connectivity index (χ4v) is 2.61. The number of hydrogen-bond donors (Lipinski definition) is 0. The molecule has 108 valence electrons. The molecule has 0 bridgehead atoms. The smallest absolute Gasteiger partial charge is 0.308 e. The lowest BCUT2D eigenvalue weighted by Crippen LogP contribution is -2.39. The number of nitrogens with zero attached hydrogens (tertiary/aromatic N) is 1. The minimum atomic E-state index is -0.183. The van der Waals surface area contributed by atoms with Gasteiger partial charge in [-0.3, -0.25) is 9.59 Å². The number of amides is 1. The monoisotopic (exact) mass is 389 g/mol. The van der Waals surface area contributed by atoms with E-state index in [9.17, 15) is 9.59 Å². The van der Waals surface area contributed by atoms with Crippen molar-refractivity contribution < 1.29 is 18.7 Å². The molecule has 0 aliphatic carbocycles. The Morgan fingerprint density at radius 1 is 1.40 bits per heavy atom. The Hall–Kier alpha value is -1.31. The summed E-state index contributed by atoms with van der Waals surface area (Å²) in [5, 5.41) is 0. The zero-order valence-corrected chi connectivity index (χ0v) is 13.3. The summed E-state index contributed by atoms with van der Waals surface area (Å²) in [5.74, 6) is 0.337. The van der Waals surface area contributed by atoms with Crippen LogP contribution in [0.4, 0.5) is 0 Å². The van der Waals surface area contributed by atoms with Crippen molar-refractivity contribution in [3.63, 3.8) is 0 Å². The number of furan rings is 1. The topological polar surface area (TPSA) is 59.8 Å². The lowest BCUT2D eigenvalue weighted by molar-refractivity contribution is -0.148. The summed E-state index contributed by atoms with van der Waals surface area (Å²) < 4.78 is 10.9. The summed E-state index contributed by atoms with van der Waals surface area (Å²) in [7, 11) is 1.40. The van der Waals surface area contributed by atoms with Gasteiger partial charge in [-0.25, -0.2) is 0 Å². The molecule has 5 nitrogen and oxygen atoms in total. The number of methoxy groups -OCH3 is 1. The number of carbonyl (C=O) groups is 2. The van der Waals surface area contributed by atoms with Crippen molar-refractivity contribution in [2.24, 2.45) is 5.92 Å². The van der Waals surface area contributed by atoms with Crippen LogP contribution in [-0.2, 0) is 14.3 Å². The summed E-state index contributed by atoms with van der Waals surface area (Å²) in [5.41, 5.74) is 0. The Morgan fingerprint density at radius 3 is 2.65 bits per heavy atom. The number of hydrogen-bond acceptors (Lipinski definition) is 4. The van der Waals surface area contributed by atoms with Crippen LogP contribution in [0.3, 0.4) is 0 Å². The Morgan fingerprint density at radius 2 is 2.10 bits per heavy atom. The van der Waals surface area contributed by atoms with Crippen molar-refractivity contribution >= 4 is 40.5 Å². The van der Waals surface area contributed by atoms with Crippen molar-refractivity contribution in [3.8, 4) is 0 Å². The number of carbonyl (C=O) groups excluding carboxylic acids is 2. The van der Waals surface area contributed by atoms with Gasteiger partial charge in [-0.2, -0.15) is 0 Å². The van der Waals surface area contributed by atoms with Gasteiger partial charge in [0.15, 0.2) is 3.77 Å². The molecule has 0 saturated carbocycles. The SMILES string of the molecule is COC(=O)C1CCN(C(=O)/C=C/c2ccc(I)o2)CC1. The number of rotatable bonds is 3. The van der Waals surface area contributed by atoms with E-state index in [1.165, 1.54) is 13.2 Å². The molecule has 0 unspecified atom stereocenters. The maximum atomic E-state index is 12.0. The molecule has 1 aliphatic heterocycles. The van der Waals surface area contributed by atoms with Gasteiger partial charge in [0.2, 0.25) is 5.91 Å². The zero-order chi connectivity index (χ0) is 14.5. The third-order valence-electron chi connectivity index (χ3n) is 3.33. The quantitative estimate of drug-likeness (QED) is 0.452. The van der Waals surface area contributed by atoms with Gasteiger partial charge in [-0.05, 0) is 53.6 Å². The van der Waals surface area contributed by atoms with Gasteiger partial charge in [-0.1, -0.05) is 0 Å². The van der Waals surface area contributed by atoms with E-state index in [-0.39, 0.29) is 17.8 Å². The van der Waals surface area contributed by atoms with E-state index >= 15 is 0 Å². The minimum Gasteiger partial charge on any atom is -0.469 e. The highest BCUT2D eigenvalue weighted by Gasteiger charge is 2.26. The molecule has 6 heteroatoms. The lowest BCUT2D eigenvalue weighted by Gasteiger charge is -2.29. The maximum absolute atomic E-state index is 12.0. The second kappa shape index (κ2) is 6.92. The first-order valence-electron chi connectivity index (χ1n) is 6.40. The molecule has 2 rings (SSSR count). The molecule has 1 aromatic rings. The van der Waals surface area contributed by atoms with E-state index in [1.54, 1.807) is 11.0 Å². The summed E-state index contributed by atoms with van der Waals surface area (Å²) in [4.78, 5) is 25.1. The predicted molar refractivity (Wildman–Crippen MR) is 81.8 cm³/mol. The van der Waals surface area contributed by atoms with Gasteiger partial charge >= 0.3 is 5.97 Å². The standard InChI is InChI=1S/C14H16INO4/c1-19-14(18)10-6-8-16(9-7-10)13(17)5-3-11-2-4-12(15)20-11/h2-5,10H,6-9H2,1H3/b5-3+. The van der Waals surface area contributed by atoms with Crippen molar-refractivity contribution in [1.82, 2.24) is 4.90 Å². The van der Waals surface area contributed by atoms with Crippen molar-refractivity contribution in [2.75, 3.05) is 20.2 Å². The van der Waals surface area contributed by atoms with E-state index < -0.39 is 0 Å². The Balaban J connectivity index is 1.86. The van der Waals surface area contributed by atoms with Crippen LogP contribution in [0.5, 0.6) is 0 Å². The van der Waals surface area contributed by atoms with Gasteiger partial charge < -0.3 is 14.1 Å². The number of piperidine rings is 1. The van der Waals surface area contributed by atoms with E-state index in [0.717, 1.165) is 3.77 Å². The molecule has 0 N–H and O–H groups in total. The van der Waals surface area contributed by atoms with E-state index in [4.69, 9.17) is 9.15 Å². The molecule has 1 fully saturated rings. The first-order valence-corrected chi connectivity index (χ1v) is 7.48. The molecular weight excluding hydrogens is 373 g/mol. The summed E-state index contributed by atoms with van der Waals surface area (Å²) in [6.45, 7) is 1.16. The Kier molecular flexibility index (Phi) is 5.22. The van der Waals surface area contributed by atoms with Crippen LogP contribution in [0.15, 0.2) is 22.6 Å². The fraction of sp³-hybridized carbons (Fsp3) is 0.429. The molecule has 1 aliphatic rings. The highest BCUT2D eigenvalue weighted by atomic mass is 127. The first-order chi connectivity index (χ1) is 9.60. The van der Waals surface area contributed by atoms with Gasteiger partial charge in [0.25, 0.3) is 0 Å². The highest BCUT2D eigenvalue weighted by molar-refractivity contribution is 14.1. The van der Waals surface area contributed by atoms with Crippen LogP contribution < -0.4 is 0 Å². The van der Waals surface area contributed by atoms with Crippen LogP contribution in [0.25, 0.3) is 6.08 Å². The molecule has 0 atom stereocenters. The molecule has 2 heterocycles. The second-order valence-corrected chi connectivity index (χ2v) is 5.66. The molecule has 0 spiro atoms. The molecule has 0 radical (unpaired) electrons. The van der Waals surface area contributed by atoms with E-state index in [1.807, 2.05) is 12.1 Å². The number of halogens is 1. The first kappa shape index (κ1) is 15.1. The molecular formula is C14H16INO4. The van der Waals surface area contributed by atoms with Gasteiger partial charge in [0.05, 0.1) is 13.0 Å². The largest absolute Gasteiger partial charge is 0.469 e. The number of likely N-dealkylation sites (tertiary alicyclic amines) is 1. The second-order valence-electron chi connectivity index (χ2n) is 4.60. The summed E-state index contributed by atoms with van der Waals surface area (Å²) in [6.07, 6.45) is 4.49. The van der Waals surface area contributed by atoms with Gasteiger partial charge in [0.1, 0.15) is 5.76 Å². The van der Waals surface area contributed by atoms with Crippen LogP contribution in [0.2, 0.25) is 0 Å². The Labute approximate surface area is 131 Å². The maximum Gasteiger partial charge on any atom is 0.308 e. The van der Waals surface area contributed by atoms with Crippen LogP contribution in [0, 0.1) is 9.68 Å². The van der Waals surface area contributed by atoms with Crippen molar-refractivity contribution in [1.29, 1.82) is 0 Å². The van der Waals surface area contributed by atoms with Gasteiger partial charge in [-0.15, -0.1) is 0 Å². The minimum absolute atomic E-state index is 0.0558. The summed E-state index contributed by atoms with van der Waals surface area (Å²) in [6, 6.07) is 3.65. The normalized spacial score (nSPS) is 16.6. The van der Waals surface area contributed by atoms with Crippen LogP contribution >= 0.6 is 22.6 Å². The number of esters is 1. The average molecular weight is 389 g/mol. The molecule has 1 saturated heterocycles. The third kappa shape index (κ3) is 3.84. The van der Waals surface area contributed by atoms with Crippen LogP contribution in [-0.4, -0.2) is 37.0 Å². The molecule has 1 aromatic heterocycles. The lowest BCUT2D eigenvalue weighted by atomic mass is 9.97. The molecule has 1 amide bonds.